The van der Waals surface area contributed by atoms with Gasteiger partial charge in [-0.2, -0.15) is 10.2 Å². The Hall–Kier alpha value is -1.90. The average Bonchev–Trinajstić information content (AvgIpc) is 2.77. The van der Waals surface area contributed by atoms with Crippen LogP contribution in [0.3, 0.4) is 0 Å². The molecule has 6 heteroatoms. The van der Waals surface area contributed by atoms with Crippen molar-refractivity contribution in [3.8, 4) is 6.07 Å². The minimum atomic E-state index is -0.455. The van der Waals surface area contributed by atoms with E-state index in [0.29, 0.717) is 31.0 Å². The highest BCUT2D eigenvalue weighted by molar-refractivity contribution is 5.76. The van der Waals surface area contributed by atoms with Crippen LogP contribution in [-0.2, 0) is 16.6 Å². The molecule has 0 aliphatic heterocycles. The van der Waals surface area contributed by atoms with Gasteiger partial charge in [-0.1, -0.05) is 25.9 Å². The summed E-state index contributed by atoms with van der Waals surface area (Å²) in [5.74, 6) is 1.08. The first-order valence-corrected chi connectivity index (χ1v) is 6.35. The molecule has 6 nitrogen and oxygen atoms in total. The van der Waals surface area contributed by atoms with Gasteiger partial charge < -0.3 is 9.84 Å². The van der Waals surface area contributed by atoms with Crippen molar-refractivity contribution in [3.63, 3.8) is 0 Å². The Labute approximate surface area is 113 Å². The molecule has 0 spiro atoms. The number of nitriles is 1. The van der Waals surface area contributed by atoms with E-state index in [1.807, 2.05) is 26.8 Å². The third-order valence-corrected chi connectivity index (χ3v) is 2.50. The summed E-state index contributed by atoms with van der Waals surface area (Å²) in [6.07, 6.45) is 1.53. The lowest BCUT2D eigenvalue weighted by Crippen LogP contribution is -2.31. The van der Waals surface area contributed by atoms with Crippen molar-refractivity contribution in [1.82, 2.24) is 15.5 Å². The SMILES string of the molecule is C[C@H](C#N)NC(=O)CCCc1nc(C(C)(C)C)no1. The zero-order chi connectivity index (χ0) is 14.5. The van der Waals surface area contributed by atoms with E-state index < -0.39 is 6.04 Å². The van der Waals surface area contributed by atoms with Crippen molar-refractivity contribution in [2.75, 3.05) is 0 Å². The summed E-state index contributed by atoms with van der Waals surface area (Å²) < 4.78 is 5.13. The first-order valence-electron chi connectivity index (χ1n) is 6.35. The summed E-state index contributed by atoms with van der Waals surface area (Å²) >= 11 is 0. The van der Waals surface area contributed by atoms with Gasteiger partial charge in [-0.15, -0.1) is 0 Å². The number of aromatic nitrogens is 2. The van der Waals surface area contributed by atoms with Gasteiger partial charge in [0, 0.05) is 18.3 Å². The lowest BCUT2D eigenvalue weighted by Gasteiger charge is -2.10. The Morgan fingerprint density at radius 1 is 1.53 bits per heavy atom. The van der Waals surface area contributed by atoms with Crippen molar-refractivity contribution < 1.29 is 9.32 Å². The molecule has 1 aromatic rings. The second-order valence-corrected chi connectivity index (χ2v) is 5.53. The highest BCUT2D eigenvalue weighted by atomic mass is 16.5. The van der Waals surface area contributed by atoms with Gasteiger partial charge in [0.25, 0.3) is 0 Å². The van der Waals surface area contributed by atoms with E-state index in [1.54, 1.807) is 6.92 Å². The first-order chi connectivity index (χ1) is 8.82. The molecule has 1 aromatic heterocycles. The number of rotatable bonds is 5. The molecule has 1 heterocycles. The van der Waals surface area contributed by atoms with Crippen LogP contribution in [0.15, 0.2) is 4.52 Å². The minimum Gasteiger partial charge on any atom is -0.341 e. The standard InChI is InChI=1S/C13H20N4O2/c1-9(8-14)15-10(18)6-5-7-11-16-12(17-19-11)13(2,3)4/h9H,5-7H2,1-4H3,(H,15,18)/t9-/m1/s1. The predicted octanol–water partition coefficient (Wildman–Crippen LogP) is 1.72. The number of nitrogens with one attached hydrogen (secondary N) is 1. The summed E-state index contributed by atoms with van der Waals surface area (Å²) in [7, 11) is 0. The molecule has 1 rings (SSSR count). The van der Waals surface area contributed by atoms with Crippen LogP contribution in [0.4, 0.5) is 0 Å². The molecule has 0 bridgehead atoms. The number of hydrogen-bond acceptors (Lipinski definition) is 5. The molecule has 0 aliphatic carbocycles. The zero-order valence-corrected chi connectivity index (χ0v) is 11.9. The average molecular weight is 264 g/mol. The first kappa shape index (κ1) is 15.2. The number of nitrogens with zero attached hydrogens (tertiary/aromatic N) is 3. The molecule has 1 amide bonds. The van der Waals surface area contributed by atoms with E-state index in [2.05, 4.69) is 15.5 Å². The van der Waals surface area contributed by atoms with Gasteiger partial charge in [0.15, 0.2) is 5.82 Å². The smallest absolute Gasteiger partial charge is 0.226 e. The summed E-state index contributed by atoms with van der Waals surface area (Å²) in [5, 5.41) is 15.1. The Morgan fingerprint density at radius 2 is 2.21 bits per heavy atom. The van der Waals surface area contributed by atoms with Gasteiger partial charge in [0.2, 0.25) is 11.8 Å². The Bertz CT molecular complexity index is 468. The second-order valence-electron chi connectivity index (χ2n) is 5.53. The summed E-state index contributed by atoms with van der Waals surface area (Å²) in [6, 6.07) is 1.50. The molecular formula is C13H20N4O2. The van der Waals surface area contributed by atoms with E-state index in [-0.39, 0.29) is 11.3 Å². The van der Waals surface area contributed by atoms with Crippen molar-refractivity contribution >= 4 is 5.91 Å². The number of carbonyl (C=O) groups excluding carboxylic acids is 1. The van der Waals surface area contributed by atoms with Crippen LogP contribution in [0.1, 0.15) is 52.3 Å². The Kier molecular flexibility index (Phi) is 5.04. The Morgan fingerprint density at radius 3 is 2.74 bits per heavy atom. The number of amides is 1. The fourth-order valence-corrected chi connectivity index (χ4v) is 1.41. The quantitative estimate of drug-likeness (QED) is 0.874. The van der Waals surface area contributed by atoms with E-state index in [9.17, 15) is 4.79 Å². The van der Waals surface area contributed by atoms with E-state index in [0.717, 1.165) is 0 Å². The largest absolute Gasteiger partial charge is 0.341 e. The van der Waals surface area contributed by atoms with Crippen LogP contribution in [0.2, 0.25) is 0 Å². The molecule has 0 fully saturated rings. The molecule has 0 saturated heterocycles. The minimum absolute atomic E-state index is 0.135. The van der Waals surface area contributed by atoms with Crippen molar-refractivity contribution in [2.45, 2.75) is 58.4 Å². The van der Waals surface area contributed by atoms with Crippen LogP contribution in [0.25, 0.3) is 0 Å². The molecule has 1 atom stereocenters. The predicted molar refractivity (Wildman–Crippen MR) is 69.2 cm³/mol. The molecular weight excluding hydrogens is 244 g/mol. The Balaban J connectivity index is 2.36. The van der Waals surface area contributed by atoms with E-state index in [4.69, 9.17) is 9.78 Å². The fraction of sp³-hybridized carbons (Fsp3) is 0.692. The molecule has 0 saturated carbocycles. The number of hydrogen-bond donors (Lipinski definition) is 1. The molecule has 104 valence electrons. The summed E-state index contributed by atoms with van der Waals surface area (Å²) in [5.41, 5.74) is -0.138. The zero-order valence-electron chi connectivity index (χ0n) is 11.9. The van der Waals surface area contributed by atoms with Crippen LogP contribution in [-0.4, -0.2) is 22.1 Å². The normalized spacial score (nSPS) is 12.8. The maximum absolute atomic E-state index is 11.4. The van der Waals surface area contributed by atoms with Gasteiger partial charge in [0.1, 0.15) is 6.04 Å². The van der Waals surface area contributed by atoms with Crippen molar-refractivity contribution in [3.05, 3.63) is 11.7 Å². The maximum Gasteiger partial charge on any atom is 0.226 e. The van der Waals surface area contributed by atoms with Gasteiger partial charge in [-0.25, -0.2) is 0 Å². The fourth-order valence-electron chi connectivity index (χ4n) is 1.41. The van der Waals surface area contributed by atoms with E-state index in [1.165, 1.54) is 0 Å². The maximum atomic E-state index is 11.4. The van der Waals surface area contributed by atoms with Crippen LogP contribution in [0, 0.1) is 11.3 Å². The number of aryl methyl sites for hydroxylation is 1. The topological polar surface area (TPSA) is 91.8 Å². The lowest BCUT2D eigenvalue weighted by molar-refractivity contribution is -0.121. The molecule has 0 aliphatic rings. The van der Waals surface area contributed by atoms with Crippen LogP contribution >= 0.6 is 0 Å². The van der Waals surface area contributed by atoms with Gasteiger partial charge in [0.05, 0.1) is 6.07 Å². The van der Waals surface area contributed by atoms with Gasteiger partial charge in [-0.05, 0) is 13.3 Å². The molecule has 0 aromatic carbocycles. The third kappa shape index (κ3) is 5.08. The van der Waals surface area contributed by atoms with Gasteiger partial charge >= 0.3 is 0 Å². The lowest BCUT2D eigenvalue weighted by atomic mass is 9.96. The summed E-state index contributed by atoms with van der Waals surface area (Å²) in [4.78, 5) is 15.7. The monoisotopic (exact) mass is 264 g/mol. The molecule has 0 unspecified atom stereocenters. The van der Waals surface area contributed by atoms with E-state index >= 15 is 0 Å². The molecule has 0 radical (unpaired) electrons. The molecule has 19 heavy (non-hydrogen) atoms. The highest BCUT2D eigenvalue weighted by Crippen LogP contribution is 2.18. The third-order valence-electron chi connectivity index (χ3n) is 2.50. The number of carbonyl (C=O) groups is 1. The highest BCUT2D eigenvalue weighted by Gasteiger charge is 2.20. The van der Waals surface area contributed by atoms with Crippen LogP contribution < -0.4 is 5.32 Å². The summed E-state index contributed by atoms with van der Waals surface area (Å²) in [6.45, 7) is 7.68. The van der Waals surface area contributed by atoms with Crippen LogP contribution in [0.5, 0.6) is 0 Å². The van der Waals surface area contributed by atoms with Crippen molar-refractivity contribution in [1.29, 1.82) is 5.26 Å². The molecule has 1 N–H and O–H groups in total. The van der Waals surface area contributed by atoms with Gasteiger partial charge in [-0.3, -0.25) is 4.79 Å². The van der Waals surface area contributed by atoms with Crippen molar-refractivity contribution in [2.24, 2.45) is 0 Å². The second kappa shape index (κ2) is 6.32.